The molecule has 1 amide bonds. The number of hydrogen-bond acceptors (Lipinski definition) is 4. The van der Waals surface area contributed by atoms with Crippen molar-refractivity contribution in [2.45, 2.75) is 13.1 Å². The molecule has 162 valence electrons. The van der Waals surface area contributed by atoms with Gasteiger partial charge in [-0.05, 0) is 55.6 Å². The van der Waals surface area contributed by atoms with Crippen LogP contribution < -0.4 is 16.6 Å². The summed E-state index contributed by atoms with van der Waals surface area (Å²) in [7, 11) is 4.03. The van der Waals surface area contributed by atoms with E-state index in [9.17, 15) is 14.4 Å². The number of carbonyl (C=O) groups is 1. The lowest BCUT2D eigenvalue weighted by atomic mass is 10.1. The molecule has 3 aromatic carbocycles. The fourth-order valence-electron chi connectivity index (χ4n) is 3.58. The molecule has 7 heteroatoms. The topological polar surface area (TPSA) is 87.2 Å². The number of aromatic nitrogens is 2. The van der Waals surface area contributed by atoms with E-state index in [1.807, 2.05) is 44.4 Å². The maximum Gasteiger partial charge on any atom is 0.333 e. The number of benzene rings is 3. The summed E-state index contributed by atoms with van der Waals surface area (Å²) >= 11 is 0. The third-order valence-electron chi connectivity index (χ3n) is 5.15. The minimum atomic E-state index is -0.552. The predicted molar refractivity (Wildman–Crippen MR) is 125 cm³/mol. The van der Waals surface area contributed by atoms with Gasteiger partial charge in [0.15, 0.2) is 0 Å². The van der Waals surface area contributed by atoms with Gasteiger partial charge in [0, 0.05) is 18.7 Å². The first-order valence-corrected chi connectivity index (χ1v) is 10.3. The van der Waals surface area contributed by atoms with Crippen LogP contribution in [0.2, 0.25) is 0 Å². The molecule has 0 saturated carbocycles. The van der Waals surface area contributed by atoms with Crippen LogP contribution in [-0.2, 0) is 13.1 Å². The maximum atomic E-state index is 12.9. The Morgan fingerprint density at radius 1 is 0.938 bits per heavy atom. The van der Waals surface area contributed by atoms with Gasteiger partial charge >= 0.3 is 5.69 Å². The van der Waals surface area contributed by atoms with Crippen molar-refractivity contribution < 1.29 is 4.79 Å². The molecule has 0 aliphatic rings. The first-order valence-electron chi connectivity index (χ1n) is 10.3. The molecule has 0 aliphatic heterocycles. The molecular weight excluding hydrogens is 404 g/mol. The SMILES string of the molecule is CN(C)Cc1ccc(CNC(=O)c2ccc3c(=O)n(-c4ccccc4)c(=O)[nH]c3c2)cc1. The molecule has 0 unspecified atom stereocenters. The minimum absolute atomic E-state index is 0.280. The number of rotatable bonds is 6. The summed E-state index contributed by atoms with van der Waals surface area (Å²) in [5, 5.41) is 3.22. The standard InChI is InChI=1S/C25H24N4O3/c1-28(2)16-18-10-8-17(9-11-18)15-26-23(30)19-12-13-21-22(14-19)27-25(32)29(24(21)31)20-6-4-3-5-7-20/h3-14H,15-16H2,1-2H3,(H,26,30)(H,27,32). The normalized spacial score (nSPS) is 11.1. The number of amides is 1. The highest BCUT2D eigenvalue weighted by molar-refractivity contribution is 5.97. The van der Waals surface area contributed by atoms with Crippen LogP contribution in [-0.4, -0.2) is 34.5 Å². The first-order chi connectivity index (χ1) is 15.4. The molecule has 7 nitrogen and oxygen atoms in total. The lowest BCUT2D eigenvalue weighted by molar-refractivity contribution is 0.0951. The molecular formula is C25H24N4O3. The number of nitrogens with zero attached hydrogens (tertiary/aromatic N) is 2. The van der Waals surface area contributed by atoms with Crippen LogP contribution >= 0.6 is 0 Å². The highest BCUT2D eigenvalue weighted by atomic mass is 16.2. The average Bonchev–Trinajstić information content (AvgIpc) is 2.78. The van der Waals surface area contributed by atoms with Gasteiger partial charge in [0.1, 0.15) is 0 Å². The molecule has 32 heavy (non-hydrogen) atoms. The summed E-state index contributed by atoms with van der Waals surface area (Å²) in [5.41, 5.74) is 2.38. The Hall–Kier alpha value is -3.97. The largest absolute Gasteiger partial charge is 0.348 e. The van der Waals surface area contributed by atoms with Gasteiger partial charge < -0.3 is 15.2 Å². The molecule has 4 aromatic rings. The minimum Gasteiger partial charge on any atom is -0.348 e. The molecule has 1 heterocycles. The van der Waals surface area contributed by atoms with Crippen LogP contribution in [0.25, 0.3) is 16.6 Å². The van der Waals surface area contributed by atoms with Crippen molar-refractivity contribution in [2.75, 3.05) is 14.1 Å². The number of carbonyl (C=O) groups excluding carboxylic acids is 1. The lowest BCUT2D eigenvalue weighted by Gasteiger charge is -2.11. The quantitative estimate of drug-likeness (QED) is 0.494. The summed E-state index contributed by atoms with van der Waals surface area (Å²) in [5.74, 6) is -0.280. The Morgan fingerprint density at radius 3 is 2.31 bits per heavy atom. The summed E-state index contributed by atoms with van der Waals surface area (Å²) < 4.78 is 1.09. The first kappa shape index (κ1) is 21.3. The van der Waals surface area contributed by atoms with Crippen molar-refractivity contribution >= 4 is 16.8 Å². The Morgan fingerprint density at radius 2 is 1.62 bits per heavy atom. The van der Waals surface area contributed by atoms with Crippen molar-refractivity contribution in [1.82, 2.24) is 19.8 Å². The van der Waals surface area contributed by atoms with E-state index in [4.69, 9.17) is 0 Å². The summed E-state index contributed by atoms with van der Waals surface area (Å²) in [6.45, 7) is 1.24. The molecule has 0 spiro atoms. The van der Waals surface area contributed by atoms with Gasteiger partial charge in [-0.1, -0.05) is 42.5 Å². The van der Waals surface area contributed by atoms with Crippen LogP contribution in [0.15, 0.2) is 82.4 Å². The lowest BCUT2D eigenvalue weighted by Crippen LogP contribution is -2.33. The van der Waals surface area contributed by atoms with E-state index < -0.39 is 11.2 Å². The van der Waals surface area contributed by atoms with E-state index in [-0.39, 0.29) is 5.91 Å². The van der Waals surface area contributed by atoms with E-state index in [0.29, 0.717) is 28.7 Å². The third kappa shape index (κ3) is 4.53. The van der Waals surface area contributed by atoms with Crippen molar-refractivity contribution in [3.05, 3.63) is 110 Å². The van der Waals surface area contributed by atoms with Gasteiger partial charge in [0.2, 0.25) is 0 Å². The van der Waals surface area contributed by atoms with Crippen LogP contribution in [0.5, 0.6) is 0 Å². The number of para-hydroxylation sites is 1. The second kappa shape index (κ2) is 9.03. The Bertz CT molecular complexity index is 1370. The van der Waals surface area contributed by atoms with Gasteiger partial charge in [-0.2, -0.15) is 0 Å². The highest BCUT2D eigenvalue weighted by Crippen LogP contribution is 2.12. The molecule has 0 aliphatic carbocycles. The molecule has 2 N–H and O–H groups in total. The van der Waals surface area contributed by atoms with Crippen LogP contribution in [0.1, 0.15) is 21.5 Å². The van der Waals surface area contributed by atoms with Gasteiger partial charge in [-0.3, -0.25) is 9.59 Å². The van der Waals surface area contributed by atoms with E-state index in [2.05, 4.69) is 15.2 Å². The zero-order valence-electron chi connectivity index (χ0n) is 18.0. The number of aromatic amines is 1. The van der Waals surface area contributed by atoms with E-state index in [0.717, 1.165) is 16.7 Å². The fraction of sp³-hybridized carbons (Fsp3) is 0.160. The van der Waals surface area contributed by atoms with Gasteiger partial charge in [-0.25, -0.2) is 9.36 Å². The summed E-state index contributed by atoms with van der Waals surface area (Å²) in [4.78, 5) is 42.9. The van der Waals surface area contributed by atoms with Crippen LogP contribution in [0.3, 0.4) is 0 Å². The van der Waals surface area contributed by atoms with Gasteiger partial charge in [0.05, 0.1) is 16.6 Å². The van der Waals surface area contributed by atoms with Crippen molar-refractivity contribution in [3.63, 3.8) is 0 Å². The van der Waals surface area contributed by atoms with E-state index >= 15 is 0 Å². The van der Waals surface area contributed by atoms with Crippen LogP contribution in [0.4, 0.5) is 0 Å². The number of H-pyrrole nitrogens is 1. The van der Waals surface area contributed by atoms with E-state index in [1.54, 1.807) is 36.4 Å². The second-order valence-corrected chi connectivity index (χ2v) is 7.90. The maximum absolute atomic E-state index is 12.9. The monoisotopic (exact) mass is 428 g/mol. The van der Waals surface area contributed by atoms with Crippen molar-refractivity contribution in [3.8, 4) is 5.69 Å². The number of nitrogens with one attached hydrogen (secondary N) is 2. The summed E-state index contributed by atoms with van der Waals surface area (Å²) in [6, 6.07) is 21.5. The predicted octanol–water partition coefficient (Wildman–Crippen LogP) is 2.67. The zero-order valence-corrected chi connectivity index (χ0v) is 18.0. The average molecular weight is 428 g/mol. The summed E-state index contributed by atoms with van der Waals surface area (Å²) in [6.07, 6.45) is 0. The third-order valence-corrected chi connectivity index (χ3v) is 5.15. The number of hydrogen-bond donors (Lipinski definition) is 2. The molecule has 4 rings (SSSR count). The van der Waals surface area contributed by atoms with Crippen molar-refractivity contribution in [2.24, 2.45) is 0 Å². The second-order valence-electron chi connectivity index (χ2n) is 7.90. The highest BCUT2D eigenvalue weighted by Gasteiger charge is 2.12. The Labute approximate surface area is 184 Å². The van der Waals surface area contributed by atoms with Crippen molar-refractivity contribution in [1.29, 1.82) is 0 Å². The van der Waals surface area contributed by atoms with Gasteiger partial charge in [-0.15, -0.1) is 0 Å². The molecule has 0 bridgehead atoms. The Balaban J connectivity index is 1.54. The molecule has 0 radical (unpaired) electrons. The van der Waals surface area contributed by atoms with E-state index in [1.165, 1.54) is 11.6 Å². The number of fused-ring (bicyclic) bond motifs is 1. The van der Waals surface area contributed by atoms with Crippen LogP contribution in [0, 0.1) is 0 Å². The molecule has 1 aromatic heterocycles. The fourth-order valence-corrected chi connectivity index (χ4v) is 3.58. The Kier molecular flexibility index (Phi) is 6.00. The zero-order chi connectivity index (χ0) is 22.7. The molecule has 0 atom stereocenters. The smallest absolute Gasteiger partial charge is 0.333 e. The molecule has 0 fully saturated rings. The molecule has 0 saturated heterocycles. The van der Waals surface area contributed by atoms with Gasteiger partial charge in [0.25, 0.3) is 11.5 Å².